The smallest absolute Gasteiger partial charge is 0.137 e. The molecule has 0 unspecified atom stereocenters. The molecule has 0 saturated carbocycles. The van der Waals surface area contributed by atoms with Crippen molar-refractivity contribution >= 4 is 11.8 Å². The Labute approximate surface area is 83.2 Å². The Morgan fingerprint density at radius 2 is 2.29 bits per heavy atom. The van der Waals surface area contributed by atoms with E-state index in [1.54, 1.807) is 13.3 Å². The van der Waals surface area contributed by atoms with Gasteiger partial charge in [-0.25, -0.2) is 0 Å². The molecule has 3 heteroatoms. The van der Waals surface area contributed by atoms with Crippen molar-refractivity contribution in [1.29, 1.82) is 0 Å². The normalized spacial score (nSPS) is 15.1. The van der Waals surface area contributed by atoms with Crippen molar-refractivity contribution in [3.8, 4) is 5.75 Å². The van der Waals surface area contributed by atoms with Gasteiger partial charge in [-0.05, 0) is 17.2 Å². The van der Waals surface area contributed by atoms with E-state index in [4.69, 9.17) is 4.74 Å². The van der Waals surface area contributed by atoms with Gasteiger partial charge in [-0.3, -0.25) is 9.98 Å². The Hall–Kier alpha value is -1.64. The van der Waals surface area contributed by atoms with Gasteiger partial charge in [0, 0.05) is 18.8 Å². The number of hydrogen-bond donors (Lipinski definition) is 0. The minimum Gasteiger partial charge on any atom is -0.495 e. The highest BCUT2D eigenvalue weighted by molar-refractivity contribution is 5.81. The van der Waals surface area contributed by atoms with Gasteiger partial charge in [-0.1, -0.05) is 6.08 Å². The second kappa shape index (κ2) is 4.05. The average Bonchev–Trinajstić information content (AvgIpc) is 2.30. The highest BCUT2D eigenvalue weighted by Crippen LogP contribution is 2.21. The first kappa shape index (κ1) is 8.94. The summed E-state index contributed by atoms with van der Waals surface area (Å²) in [5, 5.41) is 0. The van der Waals surface area contributed by atoms with E-state index in [1.165, 1.54) is 5.57 Å². The molecule has 3 nitrogen and oxygen atoms in total. The lowest BCUT2D eigenvalue weighted by Crippen LogP contribution is -1.95. The molecule has 1 aromatic heterocycles. The molecule has 0 amide bonds. The number of allylic oxidation sites excluding steroid dienone is 1. The number of aliphatic imine (C=N–C) groups is 1. The monoisotopic (exact) mass is 188 g/mol. The highest BCUT2D eigenvalue weighted by Gasteiger charge is 2.04. The van der Waals surface area contributed by atoms with Gasteiger partial charge in [0.25, 0.3) is 0 Å². The number of pyridine rings is 1. The van der Waals surface area contributed by atoms with Crippen LogP contribution >= 0.6 is 0 Å². The summed E-state index contributed by atoms with van der Waals surface area (Å²) in [7, 11) is 1.65. The van der Waals surface area contributed by atoms with E-state index in [-0.39, 0.29) is 0 Å². The van der Waals surface area contributed by atoms with E-state index in [0.717, 1.165) is 24.3 Å². The zero-order chi connectivity index (χ0) is 9.80. The number of nitrogens with zero attached hydrogens (tertiary/aromatic N) is 2. The standard InChI is InChI=1S/C11H12N2O/c1-14-11-6-10(7-13-8-11)9-2-4-12-5-3-9/h2,5-8H,3-4H2,1H3. The molecule has 2 heterocycles. The molecule has 0 saturated heterocycles. The maximum atomic E-state index is 5.12. The lowest BCUT2D eigenvalue weighted by Gasteiger charge is -2.08. The molecule has 0 radical (unpaired) electrons. The van der Waals surface area contributed by atoms with Gasteiger partial charge in [0.15, 0.2) is 0 Å². The molecule has 1 aliphatic rings. The first-order valence-corrected chi connectivity index (χ1v) is 4.57. The number of aromatic nitrogens is 1. The first-order chi connectivity index (χ1) is 6.90. The zero-order valence-corrected chi connectivity index (χ0v) is 8.10. The lowest BCUT2D eigenvalue weighted by atomic mass is 10.0. The number of dihydropyridines is 1. The van der Waals surface area contributed by atoms with E-state index >= 15 is 0 Å². The fourth-order valence-electron chi connectivity index (χ4n) is 1.43. The van der Waals surface area contributed by atoms with Gasteiger partial charge < -0.3 is 4.74 Å². The van der Waals surface area contributed by atoms with Crippen molar-refractivity contribution in [2.75, 3.05) is 13.7 Å². The maximum Gasteiger partial charge on any atom is 0.137 e. The topological polar surface area (TPSA) is 34.5 Å². The third-order valence-electron chi connectivity index (χ3n) is 2.20. The van der Waals surface area contributed by atoms with E-state index in [9.17, 15) is 0 Å². The Balaban J connectivity index is 2.27. The number of ether oxygens (including phenoxy) is 1. The summed E-state index contributed by atoms with van der Waals surface area (Å²) in [5.74, 6) is 0.797. The second-order valence-electron chi connectivity index (χ2n) is 3.09. The Kier molecular flexibility index (Phi) is 2.58. The predicted octanol–water partition coefficient (Wildman–Crippen LogP) is 1.95. The molecule has 0 atom stereocenters. The van der Waals surface area contributed by atoms with Crippen molar-refractivity contribution in [1.82, 2.24) is 4.98 Å². The summed E-state index contributed by atoms with van der Waals surface area (Å²) in [6.07, 6.45) is 8.51. The van der Waals surface area contributed by atoms with E-state index < -0.39 is 0 Å². The van der Waals surface area contributed by atoms with Crippen LogP contribution in [0.15, 0.2) is 29.5 Å². The molecule has 1 aromatic rings. The maximum absolute atomic E-state index is 5.12. The van der Waals surface area contributed by atoms with Crippen LogP contribution in [0.2, 0.25) is 0 Å². The van der Waals surface area contributed by atoms with E-state index in [2.05, 4.69) is 16.1 Å². The minimum absolute atomic E-state index is 0.770. The Morgan fingerprint density at radius 1 is 1.36 bits per heavy atom. The fourth-order valence-corrected chi connectivity index (χ4v) is 1.43. The number of methoxy groups -OCH3 is 1. The average molecular weight is 188 g/mol. The largest absolute Gasteiger partial charge is 0.495 e. The molecule has 72 valence electrons. The van der Waals surface area contributed by atoms with Gasteiger partial charge >= 0.3 is 0 Å². The number of rotatable bonds is 2. The molecule has 0 spiro atoms. The highest BCUT2D eigenvalue weighted by atomic mass is 16.5. The van der Waals surface area contributed by atoms with Crippen LogP contribution in [0.3, 0.4) is 0 Å². The van der Waals surface area contributed by atoms with Crippen LogP contribution in [0.25, 0.3) is 5.57 Å². The van der Waals surface area contributed by atoms with Gasteiger partial charge in [0.2, 0.25) is 0 Å². The summed E-state index contributed by atoms with van der Waals surface area (Å²) in [6, 6.07) is 2.00. The van der Waals surface area contributed by atoms with Crippen molar-refractivity contribution in [2.45, 2.75) is 6.42 Å². The SMILES string of the molecule is COc1cncc(C2=CCN=CC2)c1. The van der Waals surface area contributed by atoms with Crippen molar-refractivity contribution in [3.05, 3.63) is 30.1 Å². The van der Waals surface area contributed by atoms with Crippen molar-refractivity contribution in [3.63, 3.8) is 0 Å². The summed E-state index contributed by atoms with van der Waals surface area (Å²) in [6.45, 7) is 0.770. The van der Waals surface area contributed by atoms with Gasteiger partial charge in [0.05, 0.1) is 19.9 Å². The number of hydrogen-bond acceptors (Lipinski definition) is 3. The molecule has 0 aliphatic carbocycles. The summed E-state index contributed by atoms with van der Waals surface area (Å²) in [4.78, 5) is 8.26. The molecule has 2 rings (SSSR count). The minimum atomic E-state index is 0.770. The van der Waals surface area contributed by atoms with Crippen LogP contribution in [0, 0.1) is 0 Å². The first-order valence-electron chi connectivity index (χ1n) is 4.57. The van der Waals surface area contributed by atoms with Crippen LogP contribution in [0.1, 0.15) is 12.0 Å². The molecule has 0 fully saturated rings. The molecule has 0 N–H and O–H groups in total. The predicted molar refractivity (Wildman–Crippen MR) is 56.7 cm³/mol. The van der Waals surface area contributed by atoms with Gasteiger partial charge in [-0.15, -0.1) is 0 Å². The van der Waals surface area contributed by atoms with Crippen molar-refractivity contribution < 1.29 is 4.74 Å². The molecular weight excluding hydrogens is 176 g/mol. The molecular formula is C11H12N2O. The summed E-state index contributed by atoms with van der Waals surface area (Å²) < 4.78 is 5.12. The van der Waals surface area contributed by atoms with E-state index in [0.29, 0.717) is 0 Å². The zero-order valence-electron chi connectivity index (χ0n) is 8.10. The Bertz CT molecular complexity index is 383. The quantitative estimate of drug-likeness (QED) is 0.711. The van der Waals surface area contributed by atoms with Gasteiger partial charge in [-0.2, -0.15) is 0 Å². The second-order valence-corrected chi connectivity index (χ2v) is 3.09. The molecule has 1 aliphatic heterocycles. The third-order valence-corrected chi connectivity index (χ3v) is 2.20. The van der Waals surface area contributed by atoms with Crippen LogP contribution in [0.5, 0.6) is 5.75 Å². The molecule has 0 aromatic carbocycles. The Morgan fingerprint density at radius 3 is 3.00 bits per heavy atom. The van der Waals surface area contributed by atoms with Crippen LogP contribution in [-0.4, -0.2) is 24.9 Å². The van der Waals surface area contributed by atoms with E-state index in [1.807, 2.05) is 18.5 Å². The van der Waals surface area contributed by atoms with Crippen LogP contribution in [0.4, 0.5) is 0 Å². The lowest BCUT2D eigenvalue weighted by molar-refractivity contribution is 0.412. The van der Waals surface area contributed by atoms with Crippen LogP contribution in [-0.2, 0) is 0 Å². The van der Waals surface area contributed by atoms with Gasteiger partial charge in [0.1, 0.15) is 5.75 Å². The summed E-state index contributed by atoms with van der Waals surface area (Å²) >= 11 is 0. The summed E-state index contributed by atoms with van der Waals surface area (Å²) in [5.41, 5.74) is 2.39. The molecule has 14 heavy (non-hydrogen) atoms. The van der Waals surface area contributed by atoms with Crippen molar-refractivity contribution in [2.24, 2.45) is 4.99 Å². The third kappa shape index (κ3) is 1.82. The van der Waals surface area contributed by atoms with Crippen LogP contribution < -0.4 is 4.74 Å². The fraction of sp³-hybridized carbons (Fsp3) is 0.273. The molecule has 0 bridgehead atoms.